The standard InChI is InChI=1S/C17H18N4O/c1-19-8-10-20(11-9-19)16-4-2-15(3-5-16)17(22)21-7-6-14(12-18)13-21/h2-7,13H,8-11H2,1H3. The molecule has 0 N–H and O–H groups in total. The first-order chi connectivity index (χ1) is 10.7. The minimum absolute atomic E-state index is 0.119. The smallest absolute Gasteiger partial charge is 0.261 e. The van der Waals surface area contributed by atoms with Crippen LogP contribution in [0.25, 0.3) is 0 Å². The lowest BCUT2D eigenvalue weighted by Gasteiger charge is -2.34. The van der Waals surface area contributed by atoms with Gasteiger partial charge in [-0.05, 0) is 37.4 Å². The summed E-state index contributed by atoms with van der Waals surface area (Å²) in [4.78, 5) is 17.0. The summed E-state index contributed by atoms with van der Waals surface area (Å²) in [6, 6.07) is 11.3. The number of nitrogens with zero attached hydrogens (tertiary/aromatic N) is 4. The van der Waals surface area contributed by atoms with Gasteiger partial charge in [0.25, 0.3) is 5.91 Å². The zero-order valence-corrected chi connectivity index (χ0v) is 12.6. The molecule has 5 nitrogen and oxygen atoms in total. The number of carbonyl (C=O) groups is 1. The maximum atomic E-state index is 12.3. The van der Waals surface area contributed by atoms with Crippen LogP contribution in [0.15, 0.2) is 42.7 Å². The molecule has 0 atom stereocenters. The average Bonchev–Trinajstić information content (AvgIpc) is 3.04. The van der Waals surface area contributed by atoms with Crippen molar-refractivity contribution in [3.05, 3.63) is 53.9 Å². The molecule has 1 saturated heterocycles. The molecule has 0 spiro atoms. The SMILES string of the molecule is CN1CCN(c2ccc(C(=O)n3ccc(C#N)c3)cc2)CC1. The Morgan fingerprint density at radius 2 is 1.77 bits per heavy atom. The van der Waals surface area contributed by atoms with Gasteiger partial charge in [0.05, 0.1) is 5.56 Å². The van der Waals surface area contributed by atoms with Crippen LogP contribution in [0, 0.1) is 11.3 Å². The van der Waals surface area contributed by atoms with Crippen molar-refractivity contribution in [3.8, 4) is 6.07 Å². The summed E-state index contributed by atoms with van der Waals surface area (Å²) >= 11 is 0. The predicted octanol–water partition coefficient (Wildman–Crippen LogP) is 1.80. The van der Waals surface area contributed by atoms with E-state index in [1.165, 1.54) is 4.57 Å². The van der Waals surface area contributed by atoms with Crippen LogP contribution < -0.4 is 4.90 Å². The summed E-state index contributed by atoms with van der Waals surface area (Å²) in [6.45, 7) is 4.13. The zero-order valence-electron chi connectivity index (χ0n) is 12.6. The number of anilines is 1. The van der Waals surface area contributed by atoms with Gasteiger partial charge in [-0.1, -0.05) is 0 Å². The Morgan fingerprint density at radius 1 is 1.09 bits per heavy atom. The van der Waals surface area contributed by atoms with Gasteiger partial charge in [-0.25, -0.2) is 0 Å². The van der Waals surface area contributed by atoms with Crippen molar-refractivity contribution in [1.29, 1.82) is 5.26 Å². The number of rotatable bonds is 2. The molecule has 2 aromatic rings. The first-order valence-corrected chi connectivity index (χ1v) is 7.34. The lowest BCUT2D eigenvalue weighted by molar-refractivity contribution is 0.0960. The Morgan fingerprint density at radius 3 is 2.36 bits per heavy atom. The lowest BCUT2D eigenvalue weighted by Crippen LogP contribution is -2.44. The van der Waals surface area contributed by atoms with Crippen molar-refractivity contribution >= 4 is 11.6 Å². The summed E-state index contributed by atoms with van der Waals surface area (Å²) in [5.41, 5.74) is 2.26. The highest BCUT2D eigenvalue weighted by Crippen LogP contribution is 2.17. The van der Waals surface area contributed by atoms with Gasteiger partial charge in [0, 0.05) is 49.8 Å². The van der Waals surface area contributed by atoms with E-state index in [4.69, 9.17) is 5.26 Å². The molecule has 0 aliphatic carbocycles. The largest absolute Gasteiger partial charge is 0.369 e. The Balaban J connectivity index is 1.74. The summed E-state index contributed by atoms with van der Waals surface area (Å²) in [5.74, 6) is -0.119. The summed E-state index contributed by atoms with van der Waals surface area (Å²) in [5, 5.41) is 8.82. The maximum absolute atomic E-state index is 12.3. The molecule has 0 radical (unpaired) electrons. The quantitative estimate of drug-likeness (QED) is 0.847. The Labute approximate surface area is 130 Å². The number of benzene rings is 1. The molecule has 2 heterocycles. The highest BCUT2D eigenvalue weighted by Gasteiger charge is 2.15. The minimum Gasteiger partial charge on any atom is -0.369 e. The van der Waals surface area contributed by atoms with E-state index in [-0.39, 0.29) is 5.91 Å². The van der Waals surface area contributed by atoms with Crippen LogP contribution in [0.4, 0.5) is 5.69 Å². The van der Waals surface area contributed by atoms with E-state index in [1.807, 2.05) is 30.3 Å². The zero-order chi connectivity index (χ0) is 15.5. The van der Waals surface area contributed by atoms with Gasteiger partial charge in [0.1, 0.15) is 6.07 Å². The van der Waals surface area contributed by atoms with Gasteiger partial charge in [0.2, 0.25) is 0 Å². The number of hydrogen-bond acceptors (Lipinski definition) is 4. The fourth-order valence-electron chi connectivity index (χ4n) is 2.62. The monoisotopic (exact) mass is 294 g/mol. The number of aromatic nitrogens is 1. The van der Waals surface area contributed by atoms with E-state index in [0.29, 0.717) is 11.1 Å². The topological polar surface area (TPSA) is 52.3 Å². The van der Waals surface area contributed by atoms with Crippen LogP contribution in [0.5, 0.6) is 0 Å². The van der Waals surface area contributed by atoms with Crippen LogP contribution in [0.2, 0.25) is 0 Å². The molecular weight excluding hydrogens is 276 g/mol. The number of likely N-dealkylation sites (N-methyl/N-ethyl adjacent to an activating group) is 1. The first kappa shape index (κ1) is 14.4. The molecule has 1 aromatic carbocycles. The third-order valence-corrected chi connectivity index (χ3v) is 4.04. The van der Waals surface area contributed by atoms with Crippen molar-refractivity contribution in [2.45, 2.75) is 0 Å². The number of carbonyl (C=O) groups excluding carboxylic acids is 1. The summed E-state index contributed by atoms with van der Waals surface area (Å²) in [7, 11) is 2.13. The van der Waals surface area contributed by atoms with Gasteiger partial charge in [-0.2, -0.15) is 5.26 Å². The predicted molar refractivity (Wildman–Crippen MR) is 85.0 cm³/mol. The maximum Gasteiger partial charge on any atom is 0.261 e. The lowest BCUT2D eigenvalue weighted by atomic mass is 10.1. The molecule has 0 unspecified atom stereocenters. The molecule has 0 amide bonds. The van der Waals surface area contributed by atoms with E-state index in [9.17, 15) is 4.79 Å². The Bertz CT molecular complexity index is 703. The van der Waals surface area contributed by atoms with Crippen molar-refractivity contribution in [3.63, 3.8) is 0 Å². The Kier molecular flexibility index (Phi) is 3.94. The highest BCUT2D eigenvalue weighted by molar-refractivity contribution is 5.96. The second-order valence-corrected chi connectivity index (χ2v) is 5.56. The van der Waals surface area contributed by atoms with Crippen molar-refractivity contribution in [2.75, 3.05) is 38.1 Å². The van der Waals surface area contributed by atoms with E-state index >= 15 is 0 Å². The van der Waals surface area contributed by atoms with E-state index < -0.39 is 0 Å². The minimum atomic E-state index is -0.119. The van der Waals surface area contributed by atoms with Crippen molar-refractivity contribution in [1.82, 2.24) is 9.47 Å². The van der Waals surface area contributed by atoms with Crippen molar-refractivity contribution < 1.29 is 4.79 Å². The fraction of sp³-hybridized carbons (Fsp3) is 0.294. The molecule has 3 rings (SSSR count). The molecule has 1 aliphatic heterocycles. The molecular formula is C17H18N4O. The number of hydrogen-bond donors (Lipinski definition) is 0. The van der Waals surface area contributed by atoms with Crippen LogP contribution in [0.1, 0.15) is 15.9 Å². The third kappa shape index (κ3) is 2.87. The molecule has 5 heteroatoms. The summed E-state index contributed by atoms with van der Waals surface area (Å²) < 4.78 is 1.45. The highest BCUT2D eigenvalue weighted by atomic mass is 16.2. The van der Waals surface area contributed by atoms with Gasteiger partial charge in [-0.15, -0.1) is 0 Å². The van der Waals surface area contributed by atoms with Gasteiger partial charge in [-0.3, -0.25) is 9.36 Å². The van der Waals surface area contributed by atoms with E-state index in [0.717, 1.165) is 31.9 Å². The normalized spacial score (nSPS) is 15.5. The van der Waals surface area contributed by atoms with Gasteiger partial charge >= 0.3 is 0 Å². The van der Waals surface area contributed by atoms with Gasteiger partial charge in [0.15, 0.2) is 0 Å². The first-order valence-electron chi connectivity index (χ1n) is 7.34. The molecule has 0 saturated carbocycles. The fourth-order valence-corrected chi connectivity index (χ4v) is 2.62. The van der Waals surface area contributed by atoms with Crippen LogP contribution in [-0.4, -0.2) is 48.6 Å². The average molecular weight is 294 g/mol. The van der Waals surface area contributed by atoms with Crippen molar-refractivity contribution in [2.24, 2.45) is 0 Å². The van der Waals surface area contributed by atoms with Crippen LogP contribution in [-0.2, 0) is 0 Å². The third-order valence-electron chi connectivity index (χ3n) is 4.04. The van der Waals surface area contributed by atoms with E-state index in [1.54, 1.807) is 18.5 Å². The Hall–Kier alpha value is -2.58. The molecule has 112 valence electrons. The molecule has 1 fully saturated rings. The second kappa shape index (κ2) is 6.04. The molecule has 1 aliphatic rings. The molecule has 22 heavy (non-hydrogen) atoms. The van der Waals surface area contributed by atoms with Crippen LogP contribution in [0.3, 0.4) is 0 Å². The summed E-state index contributed by atoms with van der Waals surface area (Å²) in [6.07, 6.45) is 3.17. The molecule has 0 bridgehead atoms. The van der Waals surface area contributed by atoms with Gasteiger partial charge < -0.3 is 9.80 Å². The number of nitriles is 1. The second-order valence-electron chi connectivity index (χ2n) is 5.56. The number of piperazine rings is 1. The van der Waals surface area contributed by atoms with E-state index in [2.05, 4.69) is 16.8 Å². The molecule has 1 aromatic heterocycles. The van der Waals surface area contributed by atoms with Crippen LogP contribution >= 0.6 is 0 Å².